The first kappa shape index (κ1) is 13.8. The van der Waals surface area contributed by atoms with E-state index in [9.17, 15) is 9.59 Å². The third-order valence-electron chi connectivity index (χ3n) is 2.97. The van der Waals surface area contributed by atoms with Gasteiger partial charge in [-0.3, -0.25) is 9.59 Å². The van der Waals surface area contributed by atoms with Crippen LogP contribution < -0.4 is 4.90 Å². The third kappa shape index (κ3) is 3.66. The summed E-state index contributed by atoms with van der Waals surface area (Å²) in [7, 11) is 0. The number of carbonyl (C=O) groups excluding carboxylic acids is 1. The zero-order valence-corrected chi connectivity index (χ0v) is 11.8. The van der Waals surface area contributed by atoms with Gasteiger partial charge in [0, 0.05) is 36.8 Å². The first-order valence-corrected chi connectivity index (χ1v) is 6.71. The lowest BCUT2D eigenvalue weighted by atomic mass is 10.2. The highest BCUT2D eigenvalue weighted by molar-refractivity contribution is 9.10. The van der Waals surface area contributed by atoms with Crippen molar-refractivity contribution < 1.29 is 14.7 Å². The molecule has 2 heterocycles. The number of piperazine rings is 1. The molecular formula is C12H14BrN3O3. The molecule has 2 rings (SSSR count). The molecule has 7 heteroatoms. The number of pyridine rings is 1. The van der Waals surface area contributed by atoms with Crippen LogP contribution in [0, 0.1) is 0 Å². The maximum Gasteiger partial charge on any atom is 0.312 e. The number of anilines is 1. The minimum atomic E-state index is -1.08. The summed E-state index contributed by atoms with van der Waals surface area (Å²) in [6, 6.07) is 3.84. The van der Waals surface area contributed by atoms with Gasteiger partial charge in [-0.1, -0.05) is 0 Å². The van der Waals surface area contributed by atoms with Gasteiger partial charge in [0.15, 0.2) is 0 Å². The van der Waals surface area contributed by atoms with Crippen LogP contribution in [0.5, 0.6) is 0 Å². The van der Waals surface area contributed by atoms with Crippen LogP contribution in [0.2, 0.25) is 0 Å². The summed E-state index contributed by atoms with van der Waals surface area (Å²) in [5.74, 6) is -0.536. The van der Waals surface area contributed by atoms with E-state index < -0.39 is 12.4 Å². The fourth-order valence-corrected chi connectivity index (χ4v) is 2.22. The molecule has 0 unspecified atom stereocenters. The highest BCUT2D eigenvalue weighted by atomic mass is 79.9. The average Bonchev–Trinajstić information content (AvgIpc) is 2.39. The van der Waals surface area contributed by atoms with Crippen molar-refractivity contribution in [3.63, 3.8) is 0 Å². The minimum Gasteiger partial charge on any atom is -0.481 e. The highest BCUT2D eigenvalue weighted by Crippen LogP contribution is 2.16. The molecule has 1 fully saturated rings. The Bertz CT molecular complexity index is 470. The topological polar surface area (TPSA) is 73.7 Å². The van der Waals surface area contributed by atoms with E-state index in [0.717, 1.165) is 10.3 Å². The molecule has 1 aromatic rings. The number of rotatable bonds is 3. The van der Waals surface area contributed by atoms with E-state index in [1.807, 2.05) is 12.1 Å². The van der Waals surface area contributed by atoms with E-state index in [1.54, 1.807) is 11.1 Å². The maximum atomic E-state index is 11.6. The lowest BCUT2D eigenvalue weighted by Crippen LogP contribution is -2.49. The SMILES string of the molecule is O=C(O)CC(=O)N1CCN(c2ccc(Br)cn2)CC1. The first-order valence-electron chi connectivity index (χ1n) is 5.92. The van der Waals surface area contributed by atoms with Crippen molar-refractivity contribution in [2.24, 2.45) is 0 Å². The van der Waals surface area contributed by atoms with Crippen molar-refractivity contribution in [2.45, 2.75) is 6.42 Å². The quantitative estimate of drug-likeness (QED) is 0.837. The lowest BCUT2D eigenvalue weighted by Gasteiger charge is -2.35. The standard InChI is InChI=1S/C12H14BrN3O3/c13-9-1-2-10(14-8-9)15-3-5-16(6-4-15)11(17)7-12(18)19/h1-2,8H,3-7H2,(H,18,19). The van der Waals surface area contributed by atoms with Crippen LogP contribution in [0.25, 0.3) is 0 Å². The number of aromatic nitrogens is 1. The number of carboxylic acids is 1. The van der Waals surface area contributed by atoms with Gasteiger partial charge in [-0.15, -0.1) is 0 Å². The number of hydrogen-bond acceptors (Lipinski definition) is 4. The van der Waals surface area contributed by atoms with Crippen LogP contribution in [-0.4, -0.2) is 53.0 Å². The summed E-state index contributed by atoms with van der Waals surface area (Å²) in [6.07, 6.45) is 1.30. The first-order chi connectivity index (χ1) is 9.06. The monoisotopic (exact) mass is 327 g/mol. The van der Waals surface area contributed by atoms with Gasteiger partial charge in [0.05, 0.1) is 0 Å². The number of carbonyl (C=O) groups is 2. The highest BCUT2D eigenvalue weighted by Gasteiger charge is 2.23. The van der Waals surface area contributed by atoms with Gasteiger partial charge >= 0.3 is 5.97 Å². The van der Waals surface area contributed by atoms with Gasteiger partial charge in [0.25, 0.3) is 0 Å². The molecule has 0 atom stereocenters. The Hall–Kier alpha value is -1.63. The Labute approximate surface area is 119 Å². The zero-order valence-electron chi connectivity index (χ0n) is 10.3. The third-order valence-corrected chi connectivity index (χ3v) is 3.44. The fraction of sp³-hybridized carbons (Fsp3) is 0.417. The van der Waals surface area contributed by atoms with Crippen LogP contribution in [0.4, 0.5) is 5.82 Å². The van der Waals surface area contributed by atoms with E-state index >= 15 is 0 Å². The minimum absolute atomic E-state index is 0.323. The van der Waals surface area contributed by atoms with Crippen molar-refractivity contribution in [3.8, 4) is 0 Å². The largest absolute Gasteiger partial charge is 0.481 e. The van der Waals surface area contributed by atoms with Crippen LogP contribution in [-0.2, 0) is 9.59 Å². The van der Waals surface area contributed by atoms with E-state index in [-0.39, 0.29) is 5.91 Å². The van der Waals surface area contributed by atoms with Crippen molar-refractivity contribution in [2.75, 3.05) is 31.1 Å². The number of nitrogens with zero attached hydrogens (tertiary/aromatic N) is 3. The van der Waals surface area contributed by atoms with Gasteiger partial charge < -0.3 is 14.9 Å². The van der Waals surface area contributed by atoms with E-state index in [4.69, 9.17) is 5.11 Å². The Morgan fingerprint density at radius 2 is 1.95 bits per heavy atom. The van der Waals surface area contributed by atoms with E-state index in [2.05, 4.69) is 25.8 Å². The number of amides is 1. The number of hydrogen-bond donors (Lipinski definition) is 1. The molecule has 1 N–H and O–H groups in total. The molecule has 6 nitrogen and oxygen atoms in total. The second-order valence-corrected chi connectivity index (χ2v) is 5.19. The number of halogens is 1. The molecule has 102 valence electrons. The molecule has 0 radical (unpaired) electrons. The molecule has 0 aromatic carbocycles. The molecule has 1 aliphatic heterocycles. The Morgan fingerprint density at radius 3 is 2.47 bits per heavy atom. The normalized spacial score (nSPS) is 15.4. The van der Waals surface area contributed by atoms with Crippen LogP contribution in [0.3, 0.4) is 0 Å². The second-order valence-electron chi connectivity index (χ2n) is 4.27. The molecule has 1 aliphatic rings. The van der Waals surface area contributed by atoms with Crippen LogP contribution in [0.1, 0.15) is 6.42 Å². The maximum absolute atomic E-state index is 11.6. The predicted octanol–water partition coefficient (Wildman–Crippen LogP) is 0.967. The molecule has 0 saturated carbocycles. The van der Waals surface area contributed by atoms with Crippen molar-refractivity contribution in [1.82, 2.24) is 9.88 Å². The summed E-state index contributed by atoms with van der Waals surface area (Å²) < 4.78 is 0.923. The molecule has 0 spiro atoms. The molecule has 0 bridgehead atoms. The molecular weight excluding hydrogens is 314 g/mol. The van der Waals surface area contributed by atoms with Gasteiger partial charge in [0.1, 0.15) is 12.2 Å². The summed E-state index contributed by atoms with van der Waals surface area (Å²) in [4.78, 5) is 30.1. The summed E-state index contributed by atoms with van der Waals surface area (Å²) >= 11 is 3.33. The number of aliphatic carboxylic acids is 1. The molecule has 19 heavy (non-hydrogen) atoms. The lowest BCUT2D eigenvalue weighted by molar-refractivity contribution is -0.144. The van der Waals surface area contributed by atoms with E-state index in [0.29, 0.717) is 26.2 Å². The van der Waals surface area contributed by atoms with Gasteiger partial charge in [-0.25, -0.2) is 4.98 Å². The van der Waals surface area contributed by atoms with Crippen LogP contribution >= 0.6 is 15.9 Å². The summed E-state index contributed by atoms with van der Waals surface area (Å²) in [6.45, 7) is 2.40. The smallest absolute Gasteiger partial charge is 0.312 e. The summed E-state index contributed by atoms with van der Waals surface area (Å²) in [5, 5.41) is 8.60. The number of carboxylic acid groups (broad SMARTS) is 1. The molecule has 1 aromatic heterocycles. The Morgan fingerprint density at radius 1 is 1.26 bits per heavy atom. The Balaban J connectivity index is 1.90. The van der Waals surface area contributed by atoms with Crippen molar-refractivity contribution in [1.29, 1.82) is 0 Å². The van der Waals surface area contributed by atoms with Gasteiger partial charge in [0.2, 0.25) is 5.91 Å². The Kier molecular flexibility index (Phi) is 4.36. The van der Waals surface area contributed by atoms with Crippen molar-refractivity contribution >= 4 is 33.6 Å². The predicted molar refractivity (Wildman–Crippen MR) is 73.0 cm³/mol. The van der Waals surface area contributed by atoms with E-state index in [1.165, 1.54) is 0 Å². The fourth-order valence-electron chi connectivity index (χ4n) is 1.98. The second kappa shape index (κ2) is 6.01. The van der Waals surface area contributed by atoms with Crippen molar-refractivity contribution in [3.05, 3.63) is 22.8 Å². The average molecular weight is 328 g/mol. The molecule has 0 aliphatic carbocycles. The van der Waals surface area contributed by atoms with Crippen LogP contribution in [0.15, 0.2) is 22.8 Å². The van der Waals surface area contributed by atoms with Gasteiger partial charge in [-0.05, 0) is 28.1 Å². The zero-order chi connectivity index (χ0) is 13.8. The molecule has 1 amide bonds. The summed E-state index contributed by atoms with van der Waals surface area (Å²) in [5.41, 5.74) is 0. The van der Waals surface area contributed by atoms with Gasteiger partial charge in [-0.2, -0.15) is 0 Å². The molecule has 1 saturated heterocycles.